The van der Waals surface area contributed by atoms with Crippen LogP contribution in [-0.2, 0) is 19.9 Å². The van der Waals surface area contributed by atoms with Gasteiger partial charge in [0.25, 0.3) is 5.91 Å². The average molecular weight is 276 g/mol. The van der Waals surface area contributed by atoms with Gasteiger partial charge in [-0.25, -0.2) is 4.98 Å². The molecule has 1 N–H and O–H groups in total. The zero-order valence-electron chi connectivity index (χ0n) is 11.0. The molecule has 19 heavy (non-hydrogen) atoms. The van der Waals surface area contributed by atoms with Gasteiger partial charge in [-0.1, -0.05) is 6.92 Å². The summed E-state index contributed by atoms with van der Waals surface area (Å²) in [4.78, 5) is 17.8. The number of rotatable bonds is 2. The molecule has 0 saturated heterocycles. The van der Waals surface area contributed by atoms with Gasteiger partial charge in [-0.05, 0) is 25.2 Å². The highest BCUT2D eigenvalue weighted by Crippen LogP contribution is 2.32. The Morgan fingerprint density at radius 1 is 1.58 bits per heavy atom. The molecule has 3 rings (SSSR count). The number of anilines is 1. The molecule has 0 aromatic carbocycles. The Bertz CT molecular complexity index is 616. The summed E-state index contributed by atoms with van der Waals surface area (Å²) in [6.45, 7) is 2.26. The minimum absolute atomic E-state index is 0.146. The number of aromatic nitrogens is 3. The van der Waals surface area contributed by atoms with Crippen molar-refractivity contribution in [2.75, 3.05) is 5.32 Å². The zero-order chi connectivity index (χ0) is 13.4. The summed E-state index contributed by atoms with van der Waals surface area (Å²) in [7, 11) is 1.79. The van der Waals surface area contributed by atoms with Crippen LogP contribution in [0.15, 0.2) is 12.4 Å². The van der Waals surface area contributed by atoms with E-state index < -0.39 is 0 Å². The number of fused-ring (bicyclic) bond motifs is 1. The van der Waals surface area contributed by atoms with Gasteiger partial charge in [-0.15, -0.1) is 11.3 Å². The highest BCUT2D eigenvalue weighted by molar-refractivity contribution is 7.15. The number of nitrogens with zero attached hydrogens (tertiary/aromatic N) is 3. The molecule has 0 bridgehead atoms. The van der Waals surface area contributed by atoms with E-state index in [0.29, 0.717) is 10.7 Å². The van der Waals surface area contributed by atoms with Gasteiger partial charge in [0.2, 0.25) is 0 Å². The third-order valence-corrected chi connectivity index (χ3v) is 4.41. The van der Waals surface area contributed by atoms with Crippen LogP contribution in [0, 0.1) is 5.92 Å². The van der Waals surface area contributed by atoms with Crippen LogP contribution >= 0.6 is 11.3 Å². The Balaban J connectivity index is 1.75. The van der Waals surface area contributed by atoms with Crippen LogP contribution in [-0.4, -0.2) is 20.7 Å². The third-order valence-electron chi connectivity index (χ3n) is 3.37. The van der Waals surface area contributed by atoms with Crippen molar-refractivity contribution in [3.63, 3.8) is 0 Å². The van der Waals surface area contributed by atoms with Crippen molar-refractivity contribution < 1.29 is 4.79 Å². The standard InChI is InChI=1S/C13H16N4OS/c1-8-3-4-10-11(5-8)19-13(15-10)16-12(18)9-6-14-17(2)7-9/h6-8H,3-5H2,1-2H3,(H,15,16,18)/t8-/m0/s1. The first-order chi connectivity index (χ1) is 9.11. The second-order valence-corrected chi connectivity index (χ2v) is 6.18. The minimum Gasteiger partial charge on any atom is -0.298 e. The smallest absolute Gasteiger partial charge is 0.260 e. The summed E-state index contributed by atoms with van der Waals surface area (Å²) in [6, 6.07) is 0. The molecule has 0 unspecified atom stereocenters. The quantitative estimate of drug-likeness (QED) is 0.915. The fraction of sp³-hybridized carbons (Fsp3) is 0.462. The van der Waals surface area contributed by atoms with E-state index >= 15 is 0 Å². The minimum atomic E-state index is -0.146. The van der Waals surface area contributed by atoms with E-state index in [9.17, 15) is 4.79 Å². The fourth-order valence-corrected chi connectivity index (χ4v) is 3.47. The molecule has 0 saturated carbocycles. The van der Waals surface area contributed by atoms with Crippen molar-refractivity contribution in [3.05, 3.63) is 28.5 Å². The number of hydrogen-bond donors (Lipinski definition) is 1. The second kappa shape index (κ2) is 4.77. The normalized spacial score (nSPS) is 18.1. The molecular formula is C13H16N4OS. The summed E-state index contributed by atoms with van der Waals surface area (Å²) >= 11 is 1.60. The van der Waals surface area contributed by atoms with Crippen LogP contribution in [0.2, 0.25) is 0 Å². The van der Waals surface area contributed by atoms with Gasteiger partial charge in [0, 0.05) is 18.1 Å². The molecule has 2 heterocycles. The molecule has 0 spiro atoms. The first-order valence-electron chi connectivity index (χ1n) is 6.40. The lowest BCUT2D eigenvalue weighted by Gasteiger charge is -2.15. The summed E-state index contributed by atoms with van der Waals surface area (Å²) in [5.41, 5.74) is 1.72. The molecule has 100 valence electrons. The van der Waals surface area contributed by atoms with Crippen molar-refractivity contribution in [1.29, 1.82) is 0 Å². The maximum Gasteiger partial charge on any atom is 0.260 e. The van der Waals surface area contributed by atoms with Crippen LogP contribution in [0.5, 0.6) is 0 Å². The Morgan fingerprint density at radius 3 is 3.16 bits per heavy atom. The second-order valence-electron chi connectivity index (χ2n) is 5.09. The van der Waals surface area contributed by atoms with Gasteiger partial charge in [0.1, 0.15) is 0 Å². The van der Waals surface area contributed by atoms with Crippen LogP contribution in [0.25, 0.3) is 0 Å². The van der Waals surface area contributed by atoms with Crippen molar-refractivity contribution in [1.82, 2.24) is 14.8 Å². The Labute approximate surface area is 115 Å². The van der Waals surface area contributed by atoms with E-state index in [1.54, 1.807) is 35.5 Å². The van der Waals surface area contributed by atoms with Gasteiger partial charge in [-0.3, -0.25) is 14.8 Å². The molecule has 1 amide bonds. The SMILES string of the molecule is C[C@H]1CCc2nc(NC(=O)c3cnn(C)c3)sc2C1. The van der Waals surface area contributed by atoms with Crippen LogP contribution in [0.4, 0.5) is 5.13 Å². The van der Waals surface area contributed by atoms with Crippen LogP contribution < -0.4 is 5.32 Å². The Hall–Kier alpha value is -1.69. The van der Waals surface area contributed by atoms with E-state index in [-0.39, 0.29) is 5.91 Å². The number of nitrogens with one attached hydrogen (secondary N) is 1. The van der Waals surface area contributed by atoms with Crippen molar-refractivity contribution >= 4 is 22.4 Å². The topological polar surface area (TPSA) is 59.8 Å². The van der Waals surface area contributed by atoms with Crippen molar-refractivity contribution in [2.24, 2.45) is 13.0 Å². The van der Waals surface area contributed by atoms with Gasteiger partial charge in [0.15, 0.2) is 5.13 Å². The van der Waals surface area contributed by atoms with Gasteiger partial charge < -0.3 is 0 Å². The Morgan fingerprint density at radius 2 is 2.42 bits per heavy atom. The lowest BCUT2D eigenvalue weighted by atomic mass is 9.93. The molecule has 6 heteroatoms. The highest BCUT2D eigenvalue weighted by atomic mass is 32.1. The van der Waals surface area contributed by atoms with Gasteiger partial charge in [-0.2, -0.15) is 5.10 Å². The maximum atomic E-state index is 12.0. The third kappa shape index (κ3) is 2.53. The number of carbonyl (C=O) groups is 1. The van der Waals surface area contributed by atoms with E-state index in [4.69, 9.17) is 0 Å². The molecule has 5 nitrogen and oxygen atoms in total. The number of aryl methyl sites for hydroxylation is 2. The molecule has 0 fully saturated rings. The lowest BCUT2D eigenvalue weighted by molar-refractivity contribution is 0.102. The van der Waals surface area contributed by atoms with Gasteiger partial charge in [0.05, 0.1) is 17.5 Å². The maximum absolute atomic E-state index is 12.0. The molecule has 0 aliphatic heterocycles. The van der Waals surface area contributed by atoms with E-state index in [2.05, 4.69) is 22.3 Å². The first kappa shape index (κ1) is 12.3. The average Bonchev–Trinajstić information content (AvgIpc) is 2.94. The Kier molecular flexibility index (Phi) is 3.10. The van der Waals surface area contributed by atoms with Crippen molar-refractivity contribution in [2.45, 2.75) is 26.2 Å². The number of hydrogen-bond acceptors (Lipinski definition) is 4. The summed E-state index contributed by atoms with van der Waals surface area (Å²) in [6.07, 6.45) is 6.55. The monoisotopic (exact) mass is 276 g/mol. The van der Waals surface area contributed by atoms with E-state index in [0.717, 1.165) is 24.5 Å². The molecular weight excluding hydrogens is 260 g/mol. The lowest BCUT2D eigenvalue weighted by Crippen LogP contribution is -2.11. The van der Waals surface area contributed by atoms with Crippen molar-refractivity contribution in [3.8, 4) is 0 Å². The highest BCUT2D eigenvalue weighted by Gasteiger charge is 2.20. The zero-order valence-corrected chi connectivity index (χ0v) is 11.8. The number of thiazole rings is 1. The summed E-state index contributed by atoms with van der Waals surface area (Å²) < 4.78 is 1.61. The van der Waals surface area contributed by atoms with Gasteiger partial charge >= 0.3 is 0 Å². The predicted octanol–water partition coefficient (Wildman–Crippen LogP) is 2.25. The number of carbonyl (C=O) groups excluding carboxylic acids is 1. The molecule has 1 atom stereocenters. The molecule has 0 radical (unpaired) electrons. The largest absolute Gasteiger partial charge is 0.298 e. The predicted molar refractivity (Wildman–Crippen MR) is 74.5 cm³/mol. The van der Waals surface area contributed by atoms with E-state index in [1.165, 1.54) is 11.3 Å². The molecule has 1 aliphatic rings. The molecule has 2 aromatic rings. The summed E-state index contributed by atoms with van der Waals surface area (Å²) in [5.74, 6) is 0.571. The first-order valence-corrected chi connectivity index (χ1v) is 7.22. The van der Waals surface area contributed by atoms with Crippen LogP contribution in [0.1, 0.15) is 34.3 Å². The molecule has 1 aliphatic carbocycles. The van der Waals surface area contributed by atoms with Crippen LogP contribution in [0.3, 0.4) is 0 Å². The molecule has 2 aromatic heterocycles. The van der Waals surface area contributed by atoms with E-state index in [1.807, 2.05) is 0 Å². The summed E-state index contributed by atoms with van der Waals surface area (Å²) in [5, 5.41) is 7.55. The fourth-order valence-electron chi connectivity index (χ4n) is 2.30. The number of amides is 1.